The van der Waals surface area contributed by atoms with Crippen molar-refractivity contribution in [3.63, 3.8) is 0 Å². The number of piperidine rings is 1. The van der Waals surface area contributed by atoms with Crippen LogP contribution in [0.25, 0.3) is 0 Å². The number of alkyl halides is 3. The van der Waals surface area contributed by atoms with Crippen LogP contribution in [0, 0.1) is 5.82 Å². The molecule has 1 unspecified atom stereocenters. The molecule has 0 N–H and O–H groups in total. The number of carbonyl (C=O) groups is 1. The average Bonchev–Trinajstić information content (AvgIpc) is 2.85. The molecule has 0 radical (unpaired) electrons. The first-order valence-electron chi connectivity index (χ1n) is 11.7. The SMILES string of the molecule is CCC(C(=O)c1cccc(F)c1)N1CC[C@H](Oc2ccc(C(F)(F)F)cc2)[C@@H](c2ccccc2)C1. The molecule has 4 rings (SSSR count). The van der Waals surface area contributed by atoms with Gasteiger partial charge in [0.2, 0.25) is 0 Å². The molecule has 1 aliphatic rings. The van der Waals surface area contributed by atoms with E-state index in [0.29, 0.717) is 37.2 Å². The van der Waals surface area contributed by atoms with Gasteiger partial charge < -0.3 is 4.74 Å². The molecule has 35 heavy (non-hydrogen) atoms. The van der Waals surface area contributed by atoms with Gasteiger partial charge >= 0.3 is 6.18 Å². The third-order valence-electron chi connectivity index (χ3n) is 6.52. The zero-order valence-electron chi connectivity index (χ0n) is 19.3. The first-order chi connectivity index (χ1) is 16.8. The normalized spacial score (nSPS) is 19.8. The lowest BCUT2D eigenvalue weighted by Crippen LogP contribution is -2.50. The molecular weight excluding hydrogens is 458 g/mol. The summed E-state index contributed by atoms with van der Waals surface area (Å²) in [5, 5.41) is 0. The molecule has 7 heteroatoms. The minimum atomic E-state index is -4.40. The Balaban J connectivity index is 1.55. The van der Waals surface area contributed by atoms with Gasteiger partial charge in [-0.25, -0.2) is 4.39 Å². The number of ketones is 1. The number of ether oxygens (including phenoxy) is 1. The standard InChI is InChI=1S/C28H27F4NO2/c1-2-25(27(34)20-9-6-10-22(29)17-20)33-16-15-26(24(18-33)19-7-4-3-5-8-19)35-23-13-11-21(12-14-23)28(30,31)32/h3-14,17,24-26H,2,15-16,18H2,1H3/t24-,25?,26+/m1/s1. The summed E-state index contributed by atoms with van der Waals surface area (Å²) in [7, 11) is 0. The van der Waals surface area contributed by atoms with Crippen molar-refractivity contribution in [1.29, 1.82) is 0 Å². The Hall–Kier alpha value is -3.19. The third kappa shape index (κ3) is 5.90. The molecule has 0 aliphatic carbocycles. The fourth-order valence-corrected chi connectivity index (χ4v) is 4.74. The van der Waals surface area contributed by atoms with Gasteiger partial charge in [0.05, 0.1) is 11.6 Å². The molecule has 0 saturated carbocycles. The maximum atomic E-state index is 13.7. The Labute approximate surface area is 202 Å². The number of hydrogen-bond donors (Lipinski definition) is 0. The average molecular weight is 486 g/mol. The summed E-state index contributed by atoms with van der Waals surface area (Å²) in [6.45, 7) is 3.05. The van der Waals surface area contributed by atoms with Crippen molar-refractivity contribution in [2.24, 2.45) is 0 Å². The van der Waals surface area contributed by atoms with Crippen LogP contribution >= 0.6 is 0 Å². The minimum Gasteiger partial charge on any atom is -0.490 e. The molecule has 1 saturated heterocycles. The highest BCUT2D eigenvalue weighted by molar-refractivity contribution is 6.00. The monoisotopic (exact) mass is 485 g/mol. The number of carbonyl (C=O) groups excluding carboxylic acids is 1. The van der Waals surface area contributed by atoms with E-state index >= 15 is 0 Å². The predicted molar refractivity (Wildman–Crippen MR) is 126 cm³/mol. The Morgan fingerprint density at radius 1 is 1.03 bits per heavy atom. The summed E-state index contributed by atoms with van der Waals surface area (Å²) in [5.41, 5.74) is 0.652. The molecule has 3 aromatic rings. The van der Waals surface area contributed by atoms with Gasteiger partial charge in [-0.2, -0.15) is 13.2 Å². The van der Waals surface area contributed by atoms with Crippen molar-refractivity contribution >= 4 is 5.78 Å². The molecule has 3 nitrogen and oxygen atoms in total. The van der Waals surface area contributed by atoms with E-state index in [9.17, 15) is 22.4 Å². The van der Waals surface area contributed by atoms with Crippen molar-refractivity contribution in [1.82, 2.24) is 4.90 Å². The van der Waals surface area contributed by atoms with Crippen LogP contribution in [0.5, 0.6) is 5.75 Å². The van der Waals surface area contributed by atoms with Crippen molar-refractivity contribution in [3.8, 4) is 5.75 Å². The van der Waals surface area contributed by atoms with Crippen molar-refractivity contribution in [2.45, 2.75) is 44.0 Å². The number of nitrogens with zero attached hydrogens (tertiary/aromatic N) is 1. The number of rotatable bonds is 7. The van der Waals surface area contributed by atoms with Gasteiger partial charge in [-0.05, 0) is 54.8 Å². The van der Waals surface area contributed by atoms with E-state index in [1.807, 2.05) is 37.3 Å². The number of Topliss-reactive ketones (excluding diaryl/α,β-unsaturated/α-hetero) is 1. The van der Waals surface area contributed by atoms with E-state index in [1.54, 1.807) is 6.07 Å². The molecule has 184 valence electrons. The van der Waals surface area contributed by atoms with Crippen molar-refractivity contribution in [2.75, 3.05) is 13.1 Å². The van der Waals surface area contributed by atoms with Gasteiger partial charge in [0.1, 0.15) is 17.7 Å². The molecule has 1 fully saturated rings. The summed E-state index contributed by atoms with van der Waals surface area (Å²) in [5.74, 6) is -0.292. The van der Waals surface area contributed by atoms with E-state index in [-0.39, 0.29) is 17.8 Å². The molecule has 0 bridgehead atoms. The Bertz CT molecular complexity index is 1130. The van der Waals surface area contributed by atoms with Crippen LogP contribution < -0.4 is 4.74 Å². The molecule has 3 atom stereocenters. The minimum absolute atomic E-state index is 0.0957. The van der Waals surface area contributed by atoms with Crippen LogP contribution in [0.15, 0.2) is 78.9 Å². The highest BCUT2D eigenvalue weighted by atomic mass is 19.4. The van der Waals surface area contributed by atoms with Gasteiger partial charge in [0, 0.05) is 24.6 Å². The summed E-state index contributed by atoms with van der Waals surface area (Å²) < 4.78 is 58.7. The zero-order valence-corrected chi connectivity index (χ0v) is 19.3. The van der Waals surface area contributed by atoms with Gasteiger partial charge in [0.25, 0.3) is 0 Å². The van der Waals surface area contributed by atoms with E-state index in [2.05, 4.69) is 4.90 Å². The third-order valence-corrected chi connectivity index (χ3v) is 6.52. The second-order valence-electron chi connectivity index (χ2n) is 8.78. The van der Waals surface area contributed by atoms with E-state index in [4.69, 9.17) is 4.74 Å². The maximum absolute atomic E-state index is 13.7. The Morgan fingerprint density at radius 2 is 1.74 bits per heavy atom. The molecule has 0 aromatic heterocycles. The Morgan fingerprint density at radius 3 is 2.37 bits per heavy atom. The van der Waals surface area contributed by atoms with Crippen LogP contribution in [-0.4, -0.2) is 35.9 Å². The van der Waals surface area contributed by atoms with E-state index in [1.165, 1.54) is 30.3 Å². The van der Waals surface area contributed by atoms with E-state index < -0.39 is 23.6 Å². The molecular formula is C28H27F4NO2. The highest BCUT2D eigenvalue weighted by Gasteiger charge is 2.37. The van der Waals surface area contributed by atoms with Crippen LogP contribution in [0.3, 0.4) is 0 Å². The largest absolute Gasteiger partial charge is 0.490 e. The number of halogens is 4. The van der Waals surface area contributed by atoms with E-state index in [0.717, 1.165) is 17.7 Å². The number of hydrogen-bond acceptors (Lipinski definition) is 3. The van der Waals surface area contributed by atoms with Gasteiger partial charge in [-0.3, -0.25) is 9.69 Å². The summed E-state index contributed by atoms with van der Waals surface area (Å²) in [6.07, 6.45) is -3.51. The summed E-state index contributed by atoms with van der Waals surface area (Å²) in [4.78, 5) is 15.3. The van der Waals surface area contributed by atoms with Crippen LogP contribution in [0.2, 0.25) is 0 Å². The number of likely N-dealkylation sites (tertiary alicyclic amines) is 1. The van der Waals surface area contributed by atoms with Gasteiger partial charge in [0.15, 0.2) is 5.78 Å². The summed E-state index contributed by atoms with van der Waals surface area (Å²) in [6, 6.07) is 19.8. The Kier molecular flexibility index (Phi) is 7.55. The molecule has 1 aliphatic heterocycles. The van der Waals surface area contributed by atoms with Gasteiger partial charge in [-0.1, -0.05) is 49.4 Å². The zero-order chi connectivity index (χ0) is 25.0. The topological polar surface area (TPSA) is 29.5 Å². The summed E-state index contributed by atoms with van der Waals surface area (Å²) >= 11 is 0. The van der Waals surface area contributed by atoms with Gasteiger partial charge in [-0.15, -0.1) is 0 Å². The first kappa shape index (κ1) is 24.9. The first-order valence-corrected chi connectivity index (χ1v) is 11.7. The second-order valence-corrected chi connectivity index (χ2v) is 8.78. The molecule has 1 heterocycles. The van der Waals surface area contributed by atoms with Crippen LogP contribution in [0.4, 0.5) is 17.6 Å². The lowest BCUT2D eigenvalue weighted by Gasteiger charge is -2.41. The van der Waals surface area contributed by atoms with Crippen molar-refractivity contribution in [3.05, 3.63) is 101 Å². The molecule has 3 aromatic carbocycles. The molecule has 0 spiro atoms. The lowest BCUT2D eigenvalue weighted by molar-refractivity contribution is -0.137. The fraction of sp³-hybridized carbons (Fsp3) is 0.321. The lowest BCUT2D eigenvalue weighted by atomic mass is 9.86. The fourth-order valence-electron chi connectivity index (χ4n) is 4.74. The quantitative estimate of drug-likeness (QED) is 0.274. The van der Waals surface area contributed by atoms with Crippen LogP contribution in [0.1, 0.15) is 47.2 Å². The van der Waals surface area contributed by atoms with Crippen molar-refractivity contribution < 1.29 is 27.1 Å². The smallest absolute Gasteiger partial charge is 0.416 e. The highest BCUT2D eigenvalue weighted by Crippen LogP contribution is 2.34. The molecule has 0 amide bonds. The second kappa shape index (κ2) is 10.6. The maximum Gasteiger partial charge on any atom is 0.416 e. The predicted octanol–water partition coefficient (Wildman–Crippen LogP) is 6.74. The number of benzene rings is 3. The van der Waals surface area contributed by atoms with Crippen LogP contribution in [-0.2, 0) is 6.18 Å².